The predicted octanol–water partition coefficient (Wildman–Crippen LogP) is 2.45. The lowest BCUT2D eigenvalue weighted by Gasteiger charge is -2.29. The SMILES string of the molecule is CCC1CC(NCCCNC(=O)OC(C)(C)C)CCO1. The van der Waals surface area contributed by atoms with Crippen LogP contribution in [-0.4, -0.2) is 43.5 Å². The maximum Gasteiger partial charge on any atom is 0.407 e. The van der Waals surface area contributed by atoms with E-state index in [0.717, 1.165) is 38.8 Å². The van der Waals surface area contributed by atoms with Crippen LogP contribution in [0.3, 0.4) is 0 Å². The normalized spacial score (nSPS) is 23.4. The van der Waals surface area contributed by atoms with E-state index in [1.165, 1.54) is 0 Å². The van der Waals surface area contributed by atoms with Crippen LogP contribution in [0.25, 0.3) is 0 Å². The Bertz CT molecular complexity index is 289. The number of ether oxygens (including phenoxy) is 2. The summed E-state index contributed by atoms with van der Waals surface area (Å²) < 4.78 is 10.8. The summed E-state index contributed by atoms with van der Waals surface area (Å²) in [4.78, 5) is 11.4. The molecule has 20 heavy (non-hydrogen) atoms. The van der Waals surface area contributed by atoms with Crippen molar-refractivity contribution >= 4 is 6.09 Å². The van der Waals surface area contributed by atoms with E-state index < -0.39 is 5.60 Å². The first-order valence-electron chi connectivity index (χ1n) is 7.72. The van der Waals surface area contributed by atoms with Gasteiger partial charge in [-0.25, -0.2) is 4.79 Å². The van der Waals surface area contributed by atoms with Crippen LogP contribution in [0.2, 0.25) is 0 Å². The molecule has 0 bridgehead atoms. The lowest BCUT2D eigenvalue weighted by atomic mass is 10.0. The highest BCUT2D eigenvalue weighted by Gasteiger charge is 2.20. The first kappa shape index (κ1) is 17.2. The van der Waals surface area contributed by atoms with Crippen LogP contribution in [0.1, 0.15) is 53.4 Å². The number of hydrogen-bond acceptors (Lipinski definition) is 4. The van der Waals surface area contributed by atoms with Gasteiger partial charge >= 0.3 is 6.09 Å². The van der Waals surface area contributed by atoms with Crippen molar-refractivity contribution in [2.75, 3.05) is 19.7 Å². The number of carbonyl (C=O) groups is 1. The van der Waals surface area contributed by atoms with Crippen LogP contribution in [0.15, 0.2) is 0 Å². The van der Waals surface area contributed by atoms with Gasteiger partial charge in [-0.15, -0.1) is 0 Å². The van der Waals surface area contributed by atoms with Gasteiger partial charge in [-0.1, -0.05) is 6.92 Å². The average Bonchev–Trinajstić information content (AvgIpc) is 2.36. The molecular weight excluding hydrogens is 256 g/mol. The first-order valence-corrected chi connectivity index (χ1v) is 7.72. The van der Waals surface area contributed by atoms with Gasteiger partial charge < -0.3 is 20.1 Å². The zero-order valence-corrected chi connectivity index (χ0v) is 13.3. The molecule has 1 amide bonds. The van der Waals surface area contributed by atoms with Crippen LogP contribution in [0, 0.1) is 0 Å². The fourth-order valence-corrected chi connectivity index (χ4v) is 2.25. The van der Waals surface area contributed by atoms with Crippen LogP contribution in [0.5, 0.6) is 0 Å². The van der Waals surface area contributed by atoms with Crippen LogP contribution in [-0.2, 0) is 9.47 Å². The molecule has 1 heterocycles. The Morgan fingerprint density at radius 3 is 2.75 bits per heavy atom. The van der Waals surface area contributed by atoms with Crippen molar-refractivity contribution in [2.24, 2.45) is 0 Å². The van der Waals surface area contributed by atoms with Crippen molar-refractivity contribution in [1.29, 1.82) is 0 Å². The van der Waals surface area contributed by atoms with E-state index in [-0.39, 0.29) is 6.09 Å². The van der Waals surface area contributed by atoms with Crippen molar-refractivity contribution in [1.82, 2.24) is 10.6 Å². The van der Waals surface area contributed by atoms with Crippen molar-refractivity contribution < 1.29 is 14.3 Å². The van der Waals surface area contributed by atoms with Crippen molar-refractivity contribution in [3.05, 3.63) is 0 Å². The molecule has 0 aromatic rings. The number of carbonyl (C=O) groups excluding carboxylic acids is 1. The summed E-state index contributed by atoms with van der Waals surface area (Å²) in [5.74, 6) is 0. The molecule has 1 aliphatic rings. The Kier molecular flexibility index (Phi) is 7.30. The molecule has 5 heteroatoms. The number of rotatable bonds is 6. The molecule has 0 aliphatic carbocycles. The molecule has 1 aliphatic heterocycles. The summed E-state index contributed by atoms with van der Waals surface area (Å²) in [7, 11) is 0. The molecule has 0 aromatic heterocycles. The molecule has 2 N–H and O–H groups in total. The van der Waals surface area contributed by atoms with Gasteiger partial charge in [0.1, 0.15) is 5.60 Å². The Morgan fingerprint density at radius 2 is 2.10 bits per heavy atom. The van der Waals surface area contributed by atoms with E-state index in [1.54, 1.807) is 0 Å². The maximum atomic E-state index is 11.4. The fourth-order valence-electron chi connectivity index (χ4n) is 2.25. The molecule has 118 valence electrons. The van der Waals surface area contributed by atoms with Gasteiger partial charge in [0.15, 0.2) is 0 Å². The van der Waals surface area contributed by atoms with Gasteiger partial charge in [-0.2, -0.15) is 0 Å². The van der Waals surface area contributed by atoms with Crippen molar-refractivity contribution in [3.8, 4) is 0 Å². The monoisotopic (exact) mass is 286 g/mol. The minimum atomic E-state index is -0.431. The van der Waals surface area contributed by atoms with Gasteiger partial charge in [0.2, 0.25) is 0 Å². The lowest BCUT2D eigenvalue weighted by Crippen LogP contribution is -2.40. The summed E-state index contributed by atoms with van der Waals surface area (Å²) in [5, 5.41) is 6.31. The third kappa shape index (κ3) is 7.70. The smallest absolute Gasteiger partial charge is 0.407 e. The summed E-state index contributed by atoms with van der Waals surface area (Å²) in [6.45, 7) is 10.2. The Hall–Kier alpha value is -0.810. The van der Waals surface area contributed by atoms with Gasteiger partial charge in [0.25, 0.3) is 0 Å². The molecular formula is C15H30N2O3. The molecule has 1 rings (SSSR count). The summed E-state index contributed by atoms with van der Waals surface area (Å²) >= 11 is 0. The second-order valence-corrected chi connectivity index (χ2v) is 6.36. The standard InChI is InChI=1S/C15H30N2O3/c1-5-13-11-12(7-10-19-13)16-8-6-9-17-14(18)20-15(2,3)4/h12-13,16H,5-11H2,1-4H3,(H,17,18). The van der Waals surface area contributed by atoms with Crippen molar-refractivity contribution in [2.45, 2.75) is 71.1 Å². The molecule has 0 saturated carbocycles. The minimum absolute atomic E-state index is 0.338. The third-order valence-corrected chi connectivity index (χ3v) is 3.28. The van der Waals surface area contributed by atoms with Gasteiger partial charge in [0.05, 0.1) is 6.10 Å². The first-order chi connectivity index (χ1) is 9.40. The van der Waals surface area contributed by atoms with Crippen LogP contribution >= 0.6 is 0 Å². The molecule has 5 nitrogen and oxygen atoms in total. The van der Waals surface area contributed by atoms with Crippen molar-refractivity contribution in [3.63, 3.8) is 0 Å². The van der Waals surface area contributed by atoms with Gasteiger partial charge in [-0.3, -0.25) is 0 Å². The number of hydrogen-bond donors (Lipinski definition) is 2. The van der Waals surface area contributed by atoms with E-state index in [2.05, 4.69) is 17.6 Å². The molecule has 2 atom stereocenters. The minimum Gasteiger partial charge on any atom is -0.444 e. The zero-order valence-electron chi connectivity index (χ0n) is 13.3. The maximum absolute atomic E-state index is 11.4. The Morgan fingerprint density at radius 1 is 1.35 bits per heavy atom. The Balaban J connectivity index is 2.03. The van der Waals surface area contributed by atoms with Crippen LogP contribution < -0.4 is 10.6 Å². The second kappa shape index (κ2) is 8.47. The van der Waals surface area contributed by atoms with E-state index >= 15 is 0 Å². The lowest BCUT2D eigenvalue weighted by molar-refractivity contribution is 0.0000300. The number of alkyl carbamates (subject to hydrolysis) is 1. The topological polar surface area (TPSA) is 59.6 Å². The third-order valence-electron chi connectivity index (χ3n) is 3.28. The molecule has 2 unspecified atom stereocenters. The predicted molar refractivity (Wildman–Crippen MR) is 79.9 cm³/mol. The Labute approximate surface area is 122 Å². The highest BCUT2D eigenvalue weighted by Crippen LogP contribution is 2.16. The highest BCUT2D eigenvalue weighted by molar-refractivity contribution is 5.67. The van der Waals surface area contributed by atoms with E-state index in [1.807, 2.05) is 20.8 Å². The molecule has 0 radical (unpaired) electrons. The largest absolute Gasteiger partial charge is 0.444 e. The molecule has 1 saturated heterocycles. The average molecular weight is 286 g/mol. The quantitative estimate of drug-likeness (QED) is 0.736. The zero-order chi connectivity index (χ0) is 15.0. The molecule has 0 aromatic carbocycles. The van der Waals surface area contributed by atoms with Gasteiger partial charge in [-0.05, 0) is 53.0 Å². The molecule has 0 spiro atoms. The summed E-state index contributed by atoms with van der Waals surface area (Å²) in [5.41, 5.74) is -0.431. The summed E-state index contributed by atoms with van der Waals surface area (Å²) in [6.07, 6.45) is 4.23. The van der Waals surface area contributed by atoms with Gasteiger partial charge in [0, 0.05) is 19.2 Å². The van der Waals surface area contributed by atoms with E-state index in [0.29, 0.717) is 18.7 Å². The van der Waals surface area contributed by atoms with E-state index in [4.69, 9.17) is 9.47 Å². The fraction of sp³-hybridized carbons (Fsp3) is 0.933. The second-order valence-electron chi connectivity index (χ2n) is 6.36. The number of nitrogens with one attached hydrogen (secondary N) is 2. The van der Waals surface area contributed by atoms with E-state index in [9.17, 15) is 4.79 Å². The molecule has 1 fully saturated rings. The number of amides is 1. The summed E-state index contributed by atoms with van der Waals surface area (Å²) in [6, 6.07) is 0.551. The van der Waals surface area contributed by atoms with Crippen LogP contribution in [0.4, 0.5) is 4.79 Å². The highest BCUT2D eigenvalue weighted by atomic mass is 16.6.